The molecular weight excluding hydrogens is 250 g/mol. The van der Waals surface area contributed by atoms with Crippen molar-refractivity contribution in [3.63, 3.8) is 0 Å². The molecule has 3 rings (SSSR count). The number of aryl methyl sites for hydroxylation is 1. The number of hydrogen-bond acceptors (Lipinski definition) is 3. The molecule has 2 atom stereocenters. The largest absolute Gasteiger partial charge is 0.493 e. The number of furan rings is 1. The predicted molar refractivity (Wildman–Crippen MR) is 79.2 cm³/mol. The molecule has 2 aromatic rings. The normalized spacial score (nSPS) is 19.2. The van der Waals surface area contributed by atoms with Gasteiger partial charge in [0.1, 0.15) is 11.5 Å². The third kappa shape index (κ3) is 2.59. The van der Waals surface area contributed by atoms with Gasteiger partial charge in [0.2, 0.25) is 0 Å². The lowest BCUT2D eigenvalue weighted by Crippen LogP contribution is -2.22. The van der Waals surface area contributed by atoms with Gasteiger partial charge in [-0.3, -0.25) is 0 Å². The van der Waals surface area contributed by atoms with Gasteiger partial charge >= 0.3 is 0 Å². The van der Waals surface area contributed by atoms with Crippen molar-refractivity contribution in [1.82, 2.24) is 5.32 Å². The Bertz CT molecular complexity index is 576. The first-order valence-corrected chi connectivity index (χ1v) is 7.22. The average molecular weight is 271 g/mol. The van der Waals surface area contributed by atoms with Gasteiger partial charge in [-0.05, 0) is 50.4 Å². The van der Waals surface area contributed by atoms with E-state index in [0.29, 0.717) is 12.0 Å². The molecule has 0 spiro atoms. The highest BCUT2D eigenvalue weighted by Crippen LogP contribution is 2.38. The van der Waals surface area contributed by atoms with Gasteiger partial charge in [-0.15, -0.1) is 0 Å². The predicted octanol–water partition coefficient (Wildman–Crippen LogP) is 3.80. The molecular formula is C17H21NO2. The van der Waals surface area contributed by atoms with Crippen LogP contribution in [0.2, 0.25) is 0 Å². The summed E-state index contributed by atoms with van der Waals surface area (Å²) >= 11 is 0. The summed E-state index contributed by atoms with van der Waals surface area (Å²) in [6, 6.07) is 10.8. The molecule has 1 aliphatic heterocycles. The Morgan fingerprint density at radius 3 is 2.95 bits per heavy atom. The molecule has 3 heteroatoms. The first kappa shape index (κ1) is 13.3. The molecule has 0 bridgehead atoms. The summed E-state index contributed by atoms with van der Waals surface area (Å²) in [7, 11) is 2.01. The molecule has 0 saturated heterocycles. The number of fused-ring (bicyclic) bond motifs is 1. The fraction of sp³-hybridized carbons (Fsp3) is 0.412. The molecule has 0 saturated carbocycles. The zero-order valence-electron chi connectivity index (χ0n) is 12.1. The minimum atomic E-state index is 0.323. The zero-order valence-corrected chi connectivity index (χ0v) is 12.1. The third-order valence-corrected chi connectivity index (χ3v) is 4.10. The standard InChI is InChI=1S/C17H21NO2/c1-12-9-14(11-20-12)16(18-2)10-13-7-8-19-17-6-4-3-5-15(13)17/h3-6,9,11,13,16,18H,7-8,10H2,1-2H3. The van der Waals surface area contributed by atoms with Crippen LogP contribution in [0.25, 0.3) is 0 Å². The van der Waals surface area contributed by atoms with Crippen molar-refractivity contribution in [2.45, 2.75) is 31.7 Å². The van der Waals surface area contributed by atoms with Crippen LogP contribution in [0.1, 0.15) is 41.7 Å². The second kappa shape index (κ2) is 5.71. The lowest BCUT2D eigenvalue weighted by atomic mass is 9.86. The molecule has 2 unspecified atom stereocenters. The highest BCUT2D eigenvalue weighted by atomic mass is 16.5. The summed E-state index contributed by atoms with van der Waals surface area (Å²) in [4.78, 5) is 0. The van der Waals surface area contributed by atoms with Crippen LogP contribution < -0.4 is 10.1 Å². The van der Waals surface area contributed by atoms with Crippen LogP contribution in [-0.4, -0.2) is 13.7 Å². The molecule has 20 heavy (non-hydrogen) atoms. The van der Waals surface area contributed by atoms with Gasteiger partial charge in [0, 0.05) is 11.6 Å². The Hall–Kier alpha value is -1.74. The van der Waals surface area contributed by atoms with E-state index in [0.717, 1.165) is 31.0 Å². The Balaban J connectivity index is 1.80. The van der Waals surface area contributed by atoms with Gasteiger partial charge in [0.25, 0.3) is 0 Å². The molecule has 1 aliphatic rings. The van der Waals surface area contributed by atoms with Crippen LogP contribution in [0.5, 0.6) is 5.75 Å². The maximum atomic E-state index is 5.74. The summed E-state index contributed by atoms with van der Waals surface area (Å²) < 4.78 is 11.2. The van der Waals surface area contributed by atoms with Crippen LogP contribution in [0, 0.1) is 6.92 Å². The summed E-state index contributed by atoms with van der Waals surface area (Å²) in [6.45, 7) is 2.79. The molecule has 1 aromatic carbocycles. The quantitative estimate of drug-likeness (QED) is 0.918. The molecule has 2 heterocycles. The van der Waals surface area contributed by atoms with E-state index in [9.17, 15) is 0 Å². The number of ether oxygens (including phenoxy) is 1. The van der Waals surface area contributed by atoms with Crippen molar-refractivity contribution >= 4 is 0 Å². The number of nitrogens with one attached hydrogen (secondary N) is 1. The van der Waals surface area contributed by atoms with Crippen molar-refractivity contribution in [1.29, 1.82) is 0 Å². The Labute approximate surface area is 119 Å². The molecule has 1 aromatic heterocycles. The van der Waals surface area contributed by atoms with E-state index < -0.39 is 0 Å². The van der Waals surface area contributed by atoms with E-state index in [1.165, 1.54) is 11.1 Å². The van der Waals surface area contributed by atoms with E-state index in [2.05, 4.69) is 29.6 Å². The highest BCUT2D eigenvalue weighted by molar-refractivity contribution is 5.38. The molecule has 0 fully saturated rings. The van der Waals surface area contributed by atoms with Crippen molar-refractivity contribution < 1.29 is 9.15 Å². The van der Waals surface area contributed by atoms with Gasteiger partial charge in [-0.25, -0.2) is 0 Å². The van der Waals surface area contributed by atoms with Gasteiger partial charge in [0.15, 0.2) is 0 Å². The van der Waals surface area contributed by atoms with E-state index in [1.807, 2.05) is 26.3 Å². The first-order chi connectivity index (χ1) is 9.78. The third-order valence-electron chi connectivity index (χ3n) is 4.10. The highest BCUT2D eigenvalue weighted by Gasteiger charge is 2.25. The first-order valence-electron chi connectivity index (χ1n) is 7.22. The smallest absolute Gasteiger partial charge is 0.122 e. The van der Waals surface area contributed by atoms with Crippen LogP contribution in [-0.2, 0) is 0 Å². The molecule has 0 aliphatic carbocycles. The van der Waals surface area contributed by atoms with E-state index in [4.69, 9.17) is 9.15 Å². The number of rotatable bonds is 4. The van der Waals surface area contributed by atoms with E-state index >= 15 is 0 Å². The van der Waals surface area contributed by atoms with Crippen molar-refractivity contribution in [2.24, 2.45) is 0 Å². The maximum Gasteiger partial charge on any atom is 0.122 e. The molecule has 0 radical (unpaired) electrons. The van der Waals surface area contributed by atoms with Gasteiger partial charge in [0.05, 0.1) is 12.9 Å². The van der Waals surface area contributed by atoms with Gasteiger partial charge < -0.3 is 14.5 Å². The van der Waals surface area contributed by atoms with E-state index in [-0.39, 0.29) is 0 Å². The average Bonchev–Trinajstić information content (AvgIpc) is 2.91. The summed E-state index contributed by atoms with van der Waals surface area (Å²) in [5, 5.41) is 3.41. The van der Waals surface area contributed by atoms with Crippen molar-refractivity contribution in [2.75, 3.05) is 13.7 Å². The minimum absolute atomic E-state index is 0.323. The van der Waals surface area contributed by atoms with Crippen LogP contribution >= 0.6 is 0 Å². The maximum absolute atomic E-state index is 5.74. The number of hydrogen-bond donors (Lipinski definition) is 1. The van der Waals surface area contributed by atoms with Crippen molar-refractivity contribution in [3.05, 3.63) is 53.5 Å². The van der Waals surface area contributed by atoms with Crippen LogP contribution in [0.15, 0.2) is 41.0 Å². The summed E-state index contributed by atoms with van der Waals surface area (Å²) in [6.07, 6.45) is 4.00. The SMILES string of the molecule is CNC(CC1CCOc2ccccc21)c1coc(C)c1. The Kier molecular flexibility index (Phi) is 3.79. The molecule has 106 valence electrons. The monoisotopic (exact) mass is 271 g/mol. The minimum Gasteiger partial charge on any atom is -0.493 e. The zero-order chi connectivity index (χ0) is 13.9. The number of para-hydroxylation sites is 1. The summed E-state index contributed by atoms with van der Waals surface area (Å²) in [5.74, 6) is 2.54. The second-order valence-corrected chi connectivity index (χ2v) is 5.44. The number of benzene rings is 1. The lowest BCUT2D eigenvalue weighted by molar-refractivity contribution is 0.256. The van der Waals surface area contributed by atoms with E-state index in [1.54, 1.807) is 0 Å². The fourth-order valence-electron chi connectivity index (χ4n) is 3.01. The molecule has 1 N–H and O–H groups in total. The van der Waals surface area contributed by atoms with Gasteiger partial charge in [-0.1, -0.05) is 18.2 Å². The summed E-state index contributed by atoms with van der Waals surface area (Å²) in [5.41, 5.74) is 2.56. The molecule has 3 nitrogen and oxygen atoms in total. The topological polar surface area (TPSA) is 34.4 Å². The van der Waals surface area contributed by atoms with Gasteiger partial charge in [-0.2, -0.15) is 0 Å². The molecule has 0 amide bonds. The Morgan fingerprint density at radius 1 is 1.35 bits per heavy atom. The van der Waals surface area contributed by atoms with Crippen molar-refractivity contribution in [3.8, 4) is 5.75 Å². The second-order valence-electron chi connectivity index (χ2n) is 5.44. The fourth-order valence-corrected chi connectivity index (χ4v) is 3.01. The Morgan fingerprint density at radius 2 is 2.20 bits per heavy atom. The lowest BCUT2D eigenvalue weighted by Gasteiger charge is -2.28. The van der Waals surface area contributed by atoms with Crippen LogP contribution in [0.4, 0.5) is 0 Å². The van der Waals surface area contributed by atoms with Crippen LogP contribution in [0.3, 0.4) is 0 Å².